The third-order valence-corrected chi connectivity index (χ3v) is 8.36. The average molecular weight is 551 g/mol. The monoisotopic (exact) mass is 550 g/mol. The molecule has 5 heterocycles. The molecule has 9 nitrogen and oxygen atoms in total. The number of hydrogen-bond donors (Lipinski definition) is 1. The lowest BCUT2D eigenvalue weighted by molar-refractivity contribution is 0.0254. The van der Waals surface area contributed by atoms with Gasteiger partial charge in [0, 0.05) is 48.8 Å². The third-order valence-electron chi connectivity index (χ3n) is 8.36. The minimum Gasteiger partial charge on any atom is -0.496 e. The van der Waals surface area contributed by atoms with E-state index in [1.165, 1.54) is 0 Å². The van der Waals surface area contributed by atoms with Gasteiger partial charge in [0.2, 0.25) is 0 Å². The molecule has 208 valence electrons. The van der Waals surface area contributed by atoms with Gasteiger partial charge in [-0.3, -0.25) is 9.78 Å². The van der Waals surface area contributed by atoms with Crippen molar-refractivity contribution in [2.75, 3.05) is 33.4 Å². The first-order valence-electron chi connectivity index (χ1n) is 14.0. The summed E-state index contributed by atoms with van der Waals surface area (Å²) in [4.78, 5) is 19.6. The van der Waals surface area contributed by atoms with Crippen LogP contribution in [0.4, 0.5) is 0 Å². The Bertz CT molecular complexity index is 1670. The summed E-state index contributed by atoms with van der Waals surface area (Å²) in [6, 6.07) is 17.8. The lowest BCUT2D eigenvalue weighted by Gasteiger charge is -2.44. The van der Waals surface area contributed by atoms with Gasteiger partial charge in [-0.2, -0.15) is 5.26 Å². The summed E-state index contributed by atoms with van der Waals surface area (Å²) in [5.74, 6) is 1.73. The molecule has 0 spiro atoms. The van der Waals surface area contributed by atoms with Gasteiger partial charge >= 0.3 is 0 Å². The molecular formula is C32H30N4O5. The van der Waals surface area contributed by atoms with Crippen molar-refractivity contribution in [2.45, 2.75) is 37.5 Å². The zero-order chi connectivity index (χ0) is 27.9. The van der Waals surface area contributed by atoms with Crippen molar-refractivity contribution in [1.29, 1.82) is 5.26 Å². The van der Waals surface area contributed by atoms with E-state index in [4.69, 9.17) is 18.6 Å². The molecule has 0 aliphatic carbocycles. The number of carbonyl (C=O) groups excluding carboxylic acids is 1. The highest BCUT2D eigenvalue weighted by atomic mass is 16.5. The lowest BCUT2D eigenvalue weighted by atomic mass is 9.96. The summed E-state index contributed by atoms with van der Waals surface area (Å²) in [5.41, 5.74) is 4.73. The molecule has 2 unspecified atom stereocenters. The Labute approximate surface area is 237 Å². The van der Waals surface area contributed by atoms with E-state index in [1.54, 1.807) is 19.4 Å². The van der Waals surface area contributed by atoms with Gasteiger partial charge in [-0.05, 0) is 54.9 Å². The molecule has 0 saturated carbocycles. The molecule has 7 rings (SSSR count). The zero-order valence-electron chi connectivity index (χ0n) is 22.8. The Morgan fingerprint density at radius 3 is 2.76 bits per heavy atom. The van der Waals surface area contributed by atoms with Crippen molar-refractivity contribution in [3.05, 3.63) is 65.9 Å². The molecule has 3 fully saturated rings. The molecule has 2 aromatic heterocycles. The number of likely N-dealkylation sites (tertiary alicyclic amines) is 1. The maximum atomic E-state index is 13.2. The summed E-state index contributed by atoms with van der Waals surface area (Å²) in [7, 11) is 1.59. The van der Waals surface area contributed by atoms with Crippen LogP contribution in [0.1, 0.15) is 35.2 Å². The molecule has 1 amide bonds. The standard InChI is InChI=1S/C32H30N4O5/c1-38-29-15-20(32(37)36-18-26-27(36)7-11-35-26)2-4-24(29)30-16-25-31(41-30)23(6-10-34-25)19-3-5-28(21(14-19)17-33)40-22-8-12-39-13-9-22/h2-6,10,14-16,22,26-27,35H,7-9,11-13,18H2,1H3. The van der Waals surface area contributed by atoms with E-state index in [0.29, 0.717) is 58.7 Å². The Kier molecular flexibility index (Phi) is 6.57. The summed E-state index contributed by atoms with van der Waals surface area (Å²) >= 11 is 0. The molecule has 3 aliphatic heterocycles. The van der Waals surface area contributed by atoms with Crippen LogP contribution in [0.5, 0.6) is 11.5 Å². The molecule has 2 aromatic carbocycles. The molecule has 0 radical (unpaired) electrons. The minimum atomic E-state index is 0.0194. The van der Waals surface area contributed by atoms with E-state index in [1.807, 2.05) is 47.4 Å². The van der Waals surface area contributed by atoms with Gasteiger partial charge in [0.15, 0.2) is 5.58 Å². The van der Waals surface area contributed by atoms with Crippen LogP contribution in [0, 0.1) is 11.3 Å². The molecule has 2 atom stereocenters. The van der Waals surface area contributed by atoms with Crippen LogP contribution in [0.2, 0.25) is 0 Å². The summed E-state index contributed by atoms with van der Waals surface area (Å²) in [6.07, 6.45) is 4.37. The predicted octanol–water partition coefficient (Wildman–Crippen LogP) is 4.79. The molecule has 1 N–H and O–H groups in total. The van der Waals surface area contributed by atoms with Crippen molar-refractivity contribution >= 4 is 17.0 Å². The van der Waals surface area contributed by atoms with Gasteiger partial charge < -0.3 is 28.8 Å². The fraction of sp³-hybridized carbons (Fsp3) is 0.344. The van der Waals surface area contributed by atoms with Crippen molar-refractivity contribution in [2.24, 2.45) is 0 Å². The Hall–Kier alpha value is -4.39. The lowest BCUT2D eigenvalue weighted by Crippen LogP contribution is -2.62. The number of ether oxygens (including phenoxy) is 3. The normalized spacial score (nSPS) is 20.3. The Balaban J connectivity index is 1.19. The number of nitrogens with zero attached hydrogens (tertiary/aromatic N) is 3. The Morgan fingerprint density at radius 1 is 1.07 bits per heavy atom. The number of aromatic nitrogens is 1. The molecule has 3 aliphatic rings. The number of fused-ring (bicyclic) bond motifs is 2. The number of nitriles is 1. The van der Waals surface area contributed by atoms with Crippen molar-refractivity contribution < 1.29 is 23.4 Å². The molecule has 3 saturated heterocycles. The van der Waals surface area contributed by atoms with Gasteiger partial charge in [-0.25, -0.2) is 0 Å². The Morgan fingerprint density at radius 2 is 1.95 bits per heavy atom. The minimum absolute atomic E-state index is 0.0194. The van der Waals surface area contributed by atoms with E-state index in [2.05, 4.69) is 16.4 Å². The van der Waals surface area contributed by atoms with E-state index in [9.17, 15) is 10.1 Å². The van der Waals surface area contributed by atoms with Crippen LogP contribution in [0.15, 0.2) is 59.1 Å². The quantitative estimate of drug-likeness (QED) is 0.365. The largest absolute Gasteiger partial charge is 0.496 e. The highest BCUT2D eigenvalue weighted by molar-refractivity contribution is 5.97. The van der Waals surface area contributed by atoms with Crippen LogP contribution in [0.25, 0.3) is 33.6 Å². The van der Waals surface area contributed by atoms with E-state index < -0.39 is 0 Å². The highest BCUT2D eigenvalue weighted by Crippen LogP contribution is 2.39. The maximum absolute atomic E-state index is 13.2. The maximum Gasteiger partial charge on any atom is 0.254 e. The van der Waals surface area contributed by atoms with Gasteiger partial charge in [0.1, 0.15) is 34.9 Å². The number of rotatable bonds is 6. The number of amides is 1. The zero-order valence-corrected chi connectivity index (χ0v) is 22.8. The summed E-state index contributed by atoms with van der Waals surface area (Å²) in [5, 5.41) is 13.3. The molecule has 0 bridgehead atoms. The van der Waals surface area contributed by atoms with Gasteiger partial charge in [-0.15, -0.1) is 0 Å². The first-order chi connectivity index (χ1) is 20.1. The summed E-state index contributed by atoms with van der Waals surface area (Å²) in [6.45, 7) is 3.03. The SMILES string of the molecule is COc1cc(C(=O)N2CC3NCCC32)ccc1-c1cc2nccc(-c3ccc(OC4CCOCC4)c(C#N)c3)c2o1. The van der Waals surface area contributed by atoms with Gasteiger partial charge in [-0.1, -0.05) is 6.07 Å². The second-order valence-electron chi connectivity index (χ2n) is 10.7. The topological polar surface area (TPSA) is 110 Å². The van der Waals surface area contributed by atoms with Gasteiger partial charge in [0.05, 0.1) is 37.5 Å². The second-order valence-corrected chi connectivity index (χ2v) is 10.7. The number of pyridine rings is 1. The fourth-order valence-electron chi connectivity index (χ4n) is 6.11. The third kappa shape index (κ3) is 4.59. The number of furan rings is 1. The first-order valence-corrected chi connectivity index (χ1v) is 14.0. The summed E-state index contributed by atoms with van der Waals surface area (Å²) < 4.78 is 23.6. The van der Waals surface area contributed by atoms with Crippen molar-refractivity contribution in [1.82, 2.24) is 15.2 Å². The van der Waals surface area contributed by atoms with Crippen LogP contribution in [-0.4, -0.2) is 67.4 Å². The number of benzene rings is 2. The smallest absolute Gasteiger partial charge is 0.254 e. The molecular weight excluding hydrogens is 520 g/mol. The second kappa shape index (κ2) is 10.5. The van der Waals surface area contributed by atoms with Crippen LogP contribution < -0.4 is 14.8 Å². The van der Waals surface area contributed by atoms with Crippen LogP contribution >= 0.6 is 0 Å². The highest BCUT2D eigenvalue weighted by Gasteiger charge is 2.44. The average Bonchev–Trinajstić information content (AvgIpc) is 3.61. The van der Waals surface area contributed by atoms with E-state index in [-0.39, 0.29) is 18.1 Å². The molecule has 9 heteroatoms. The van der Waals surface area contributed by atoms with E-state index in [0.717, 1.165) is 49.0 Å². The molecule has 4 aromatic rings. The fourth-order valence-corrected chi connectivity index (χ4v) is 6.11. The number of hydrogen-bond acceptors (Lipinski definition) is 8. The van der Waals surface area contributed by atoms with E-state index >= 15 is 0 Å². The van der Waals surface area contributed by atoms with Gasteiger partial charge in [0.25, 0.3) is 5.91 Å². The predicted molar refractivity (Wildman–Crippen MR) is 152 cm³/mol. The number of carbonyl (C=O) groups is 1. The van der Waals surface area contributed by atoms with Crippen LogP contribution in [-0.2, 0) is 4.74 Å². The molecule has 41 heavy (non-hydrogen) atoms. The number of nitrogens with one attached hydrogen (secondary N) is 1. The van der Waals surface area contributed by atoms with Crippen LogP contribution in [0.3, 0.4) is 0 Å². The number of methoxy groups -OCH3 is 1. The first kappa shape index (κ1) is 25.6. The van der Waals surface area contributed by atoms with Crippen molar-refractivity contribution in [3.8, 4) is 40.0 Å². The van der Waals surface area contributed by atoms with Crippen molar-refractivity contribution in [3.63, 3.8) is 0 Å².